The first kappa shape index (κ1) is 16.0. The topological polar surface area (TPSA) is 32.5 Å². The highest BCUT2D eigenvalue weighted by atomic mass is 15.2. The molecule has 108 valence electrons. The van der Waals surface area contributed by atoms with E-state index in [4.69, 9.17) is 5.73 Å². The van der Waals surface area contributed by atoms with Crippen molar-refractivity contribution in [1.82, 2.24) is 9.80 Å². The van der Waals surface area contributed by atoms with E-state index >= 15 is 0 Å². The standard InChI is InChI=1S/C16H29N3/c1-4-10-19(12-11-18(5-2)6-3)14-15-8-7-9-16(17)13-15/h7-9,13H,4-6,10-12,14,17H2,1-3H3. The molecule has 0 saturated heterocycles. The average Bonchev–Trinajstić information content (AvgIpc) is 2.40. The third-order valence-electron chi connectivity index (χ3n) is 3.52. The smallest absolute Gasteiger partial charge is 0.0317 e. The minimum atomic E-state index is 0.859. The van der Waals surface area contributed by atoms with Gasteiger partial charge in [0.25, 0.3) is 0 Å². The molecule has 2 N–H and O–H groups in total. The van der Waals surface area contributed by atoms with Gasteiger partial charge >= 0.3 is 0 Å². The molecule has 0 unspecified atom stereocenters. The van der Waals surface area contributed by atoms with E-state index in [0.717, 1.165) is 45.0 Å². The first-order valence-corrected chi connectivity index (χ1v) is 7.48. The molecule has 0 aliphatic rings. The SMILES string of the molecule is CCCN(CCN(CC)CC)Cc1cccc(N)c1. The Balaban J connectivity index is 2.52. The van der Waals surface area contributed by atoms with E-state index in [0.29, 0.717) is 0 Å². The zero-order chi connectivity index (χ0) is 14.1. The fourth-order valence-corrected chi connectivity index (χ4v) is 2.36. The van der Waals surface area contributed by atoms with E-state index in [1.165, 1.54) is 12.0 Å². The molecule has 0 aromatic heterocycles. The number of hydrogen-bond acceptors (Lipinski definition) is 3. The largest absolute Gasteiger partial charge is 0.399 e. The summed E-state index contributed by atoms with van der Waals surface area (Å²) in [6, 6.07) is 8.24. The molecule has 0 spiro atoms. The Bertz CT molecular complexity index is 348. The number of likely N-dealkylation sites (N-methyl/N-ethyl adjacent to an activating group) is 1. The van der Waals surface area contributed by atoms with Crippen LogP contribution in [0.4, 0.5) is 5.69 Å². The van der Waals surface area contributed by atoms with Crippen molar-refractivity contribution >= 4 is 5.69 Å². The lowest BCUT2D eigenvalue weighted by atomic mass is 10.2. The summed E-state index contributed by atoms with van der Waals surface area (Å²) in [4.78, 5) is 5.00. The van der Waals surface area contributed by atoms with E-state index in [-0.39, 0.29) is 0 Å². The molecular formula is C16H29N3. The molecule has 0 aliphatic heterocycles. The third kappa shape index (κ3) is 6.08. The second-order valence-corrected chi connectivity index (χ2v) is 5.05. The van der Waals surface area contributed by atoms with Crippen molar-refractivity contribution < 1.29 is 0 Å². The van der Waals surface area contributed by atoms with Crippen molar-refractivity contribution in [2.75, 3.05) is 38.5 Å². The predicted octanol–water partition coefficient (Wildman–Crippen LogP) is 2.82. The number of nitrogens with zero attached hydrogens (tertiary/aromatic N) is 2. The normalized spacial score (nSPS) is 11.4. The Kier molecular flexibility index (Phi) is 7.53. The van der Waals surface area contributed by atoms with Gasteiger partial charge < -0.3 is 10.6 Å². The van der Waals surface area contributed by atoms with Crippen molar-refractivity contribution in [1.29, 1.82) is 0 Å². The number of benzene rings is 1. The van der Waals surface area contributed by atoms with Crippen molar-refractivity contribution in [3.05, 3.63) is 29.8 Å². The summed E-state index contributed by atoms with van der Waals surface area (Å²) in [5.74, 6) is 0. The number of nitrogens with two attached hydrogens (primary N) is 1. The maximum atomic E-state index is 5.85. The molecule has 0 atom stereocenters. The van der Waals surface area contributed by atoms with Crippen LogP contribution in [-0.2, 0) is 6.54 Å². The highest BCUT2D eigenvalue weighted by Gasteiger charge is 2.07. The van der Waals surface area contributed by atoms with Crippen molar-refractivity contribution in [3.63, 3.8) is 0 Å². The lowest BCUT2D eigenvalue weighted by molar-refractivity contribution is 0.208. The summed E-state index contributed by atoms with van der Waals surface area (Å²) in [6.07, 6.45) is 1.20. The van der Waals surface area contributed by atoms with E-state index in [9.17, 15) is 0 Å². The van der Waals surface area contributed by atoms with Crippen molar-refractivity contribution in [2.45, 2.75) is 33.7 Å². The average molecular weight is 263 g/mol. The Labute approximate surface area is 118 Å². The Morgan fingerprint density at radius 2 is 1.63 bits per heavy atom. The van der Waals surface area contributed by atoms with Gasteiger partial charge in [-0.05, 0) is 43.8 Å². The maximum Gasteiger partial charge on any atom is 0.0317 e. The minimum absolute atomic E-state index is 0.859. The van der Waals surface area contributed by atoms with Crippen LogP contribution >= 0.6 is 0 Å². The van der Waals surface area contributed by atoms with Crippen LogP contribution in [0.25, 0.3) is 0 Å². The van der Waals surface area contributed by atoms with Crippen LogP contribution in [0.15, 0.2) is 24.3 Å². The second kappa shape index (κ2) is 8.94. The fraction of sp³-hybridized carbons (Fsp3) is 0.625. The molecule has 1 aromatic carbocycles. The first-order chi connectivity index (χ1) is 9.19. The molecular weight excluding hydrogens is 234 g/mol. The van der Waals surface area contributed by atoms with Gasteiger partial charge in [0, 0.05) is 25.3 Å². The summed E-state index contributed by atoms with van der Waals surface area (Å²) >= 11 is 0. The summed E-state index contributed by atoms with van der Waals surface area (Å²) in [5, 5.41) is 0. The molecule has 0 fully saturated rings. The van der Waals surface area contributed by atoms with Gasteiger partial charge in [-0.15, -0.1) is 0 Å². The predicted molar refractivity (Wildman–Crippen MR) is 84.2 cm³/mol. The van der Waals surface area contributed by atoms with Gasteiger partial charge in [-0.3, -0.25) is 4.90 Å². The van der Waals surface area contributed by atoms with Gasteiger partial charge in [-0.2, -0.15) is 0 Å². The van der Waals surface area contributed by atoms with Crippen LogP contribution in [0.3, 0.4) is 0 Å². The third-order valence-corrected chi connectivity index (χ3v) is 3.52. The van der Waals surface area contributed by atoms with Gasteiger partial charge in [0.15, 0.2) is 0 Å². The number of nitrogen functional groups attached to an aromatic ring is 1. The highest BCUT2D eigenvalue weighted by Crippen LogP contribution is 2.10. The number of rotatable bonds is 9. The van der Waals surface area contributed by atoms with Crippen LogP contribution < -0.4 is 5.73 Å². The molecule has 0 aliphatic carbocycles. The zero-order valence-electron chi connectivity index (χ0n) is 12.7. The van der Waals surface area contributed by atoms with Gasteiger partial charge in [0.2, 0.25) is 0 Å². The molecule has 3 heteroatoms. The maximum absolute atomic E-state index is 5.85. The van der Waals surface area contributed by atoms with Crippen LogP contribution in [0.1, 0.15) is 32.8 Å². The van der Waals surface area contributed by atoms with E-state index in [2.05, 4.69) is 42.7 Å². The molecule has 1 rings (SSSR count). The molecule has 3 nitrogen and oxygen atoms in total. The Morgan fingerprint density at radius 1 is 0.947 bits per heavy atom. The summed E-state index contributed by atoms with van der Waals surface area (Å²) < 4.78 is 0. The van der Waals surface area contributed by atoms with Crippen LogP contribution in [0, 0.1) is 0 Å². The summed E-state index contributed by atoms with van der Waals surface area (Å²) in [5.41, 5.74) is 8.02. The number of anilines is 1. The minimum Gasteiger partial charge on any atom is -0.399 e. The lowest BCUT2D eigenvalue weighted by Crippen LogP contribution is -2.35. The summed E-state index contributed by atoms with van der Waals surface area (Å²) in [7, 11) is 0. The fourth-order valence-electron chi connectivity index (χ4n) is 2.36. The molecule has 19 heavy (non-hydrogen) atoms. The van der Waals surface area contributed by atoms with Crippen LogP contribution in [-0.4, -0.2) is 42.5 Å². The monoisotopic (exact) mass is 263 g/mol. The Morgan fingerprint density at radius 3 is 2.21 bits per heavy atom. The zero-order valence-corrected chi connectivity index (χ0v) is 12.7. The Hall–Kier alpha value is -1.06. The van der Waals surface area contributed by atoms with Gasteiger partial charge in [-0.1, -0.05) is 32.9 Å². The second-order valence-electron chi connectivity index (χ2n) is 5.05. The number of hydrogen-bond donors (Lipinski definition) is 1. The van der Waals surface area contributed by atoms with Crippen LogP contribution in [0.5, 0.6) is 0 Å². The van der Waals surface area contributed by atoms with E-state index < -0.39 is 0 Å². The molecule has 1 aromatic rings. The first-order valence-electron chi connectivity index (χ1n) is 7.48. The quantitative estimate of drug-likeness (QED) is 0.695. The molecule has 0 saturated carbocycles. The molecule has 0 radical (unpaired) electrons. The van der Waals surface area contributed by atoms with E-state index in [1.807, 2.05) is 12.1 Å². The van der Waals surface area contributed by atoms with Gasteiger partial charge in [0.05, 0.1) is 0 Å². The summed E-state index contributed by atoms with van der Waals surface area (Å²) in [6.45, 7) is 13.4. The van der Waals surface area contributed by atoms with E-state index in [1.54, 1.807) is 0 Å². The molecule has 0 heterocycles. The van der Waals surface area contributed by atoms with Gasteiger partial charge in [-0.25, -0.2) is 0 Å². The van der Waals surface area contributed by atoms with Gasteiger partial charge in [0.1, 0.15) is 0 Å². The van der Waals surface area contributed by atoms with Crippen molar-refractivity contribution in [3.8, 4) is 0 Å². The van der Waals surface area contributed by atoms with Crippen molar-refractivity contribution in [2.24, 2.45) is 0 Å². The molecule has 0 bridgehead atoms. The molecule has 0 amide bonds. The lowest BCUT2D eigenvalue weighted by Gasteiger charge is -2.26. The highest BCUT2D eigenvalue weighted by molar-refractivity contribution is 5.40. The van der Waals surface area contributed by atoms with Crippen LogP contribution in [0.2, 0.25) is 0 Å².